The van der Waals surface area contributed by atoms with Gasteiger partial charge in [-0.2, -0.15) is 5.26 Å². The van der Waals surface area contributed by atoms with Gasteiger partial charge in [0, 0.05) is 19.9 Å². The summed E-state index contributed by atoms with van der Waals surface area (Å²) in [5.74, 6) is 1.56. The lowest BCUT2D eigenvalue weighted by atomic mass is 10.3. The molecule has 15 heavy (non-hydrogen) atoms. The second kappa shape index (κ2) is 5.20. The number of furan rings is 1. The Morgan fingerprint density at radius 3 is 2.87 bits per heavy atom. The maximum atomic E-state index is 11.4. The van der Waals surface area contributed by atoms with Gasteiger partial charge in [-0.05, 0) is 19.1 Å². The fraction of sp³-hybridized carbons (Fsp3) is 0.455. The van der Waals surface area contributed by atoms with Crippen molar-refractivity contribution in [2.75, 3.05) is 7.05 Å². The molecule has 1 heterocycles. The first-order chi connectivity index (χ1) is 7.13. The van der Waals surface area contributed by atoms with Crippen LogP contribution in [-0.4, -0.2) is 17.9 Å². The van der Waals surface area contributed by atoms with E-state index in [-0.39, 0.29) is 18.7 Å². The molecule has 0 aliphatic heterocycles. The number of amides is 1. The van der Waals surface area contributed by atoms with Gasteiger partial charge in [0.25, 0.3) is 0 Å². The molecule has 80 valence electrons. The Hall–Kier alpha value is -1.76. The molecule has 0 N–H and O–H groups in total. The van der Waals surface area contributed by atoms with E-state index in [0.717, 1.165) is 11.5 Å². The lowest BCUT2D eigenvalue weighted by molar-refractivity contribution is -0.130. The molecule has 1 amide bonds. The number of nitriles is 1. The minimum atomic E-state index is -0.0365. The number of hydrogen-bond donors (Lipinski definition) is 0. The van der Waals surface area contributed by atoms with Gasteiger partial charge in [-0.25, -0.2) is 0 Å². The average Bonchev–Trinajstić information content (AvgIpc) is 2.60. The highest BCUT2D eigenvalue weighted by atomic mass is 16.3. The summed E-state index contributed by atoms with van der Waals surface area (Å²) < 4.78 is 5.35. The van der Waals surface area contributed by atoms with Crippen molar-refractivity contribution < 1.29 is 9.21 Å². The van der Waals surface area contributed by atoms with Crippen LogP contribution in [0.5, 0.6) is 0 Å². The molecule has 1 rings (SSSR count). The third-order valence-electron chi connectivity index (χ3n) is 2.07. The number of hydrogen-bond acceptors (Lipinski definition) is 3. The Kier molecular flexibility index (Phi) is 3.92. The van der Waals surface area contributed by atoms with Crippen LogP contribution in [0.4, 0.5) is 0 Å². The summed E-state index contributed by atoms with van der Waals surface area (Å²) in [5.41, 5.74) is 0. The third-order valence-corrected chi connectivity index (χ3v) is 2.07. The van der Waals surface area contributed by atoms with Gasteiger partial charge < -0.3 is 9.32 Å². The zero-order valence-corrected chi connectivity index (χ0v) is 8.99. The van der Waals surface area contributed by atoms with E-state index in [2.05, 4.69) is 0 Å². The highest BCUT2D eigenvalue weighted by molar-refractivity contribution is 5.75. The predicted molar refractivity (Wildman–Crippen MR) is 54.8 cm³/mol. The van der Waals surface area contributed by atoms with Crippen LogP contribution >= 0.6 is 0 Å². The maximum absolute atomic E-state index is 11.4. The van der Waals surface area contributed by atoms with Gasteiger partial charge >= 0.3 is 0 Å². The smallest absolute Gasteiger partial charge is 0.223 e. The van der Waals surface area contributed by atoms with E-state index in [1.165, 1.54) is 0 Å². The SMILES string of the molecule is Cc1ccc(CN(C)C(=O)CCC#N)o1. The van der Waals surface area contributed by atoms with Crippen LogP contribution in [0.25, 0.3) is 0 Å². The molecule has 1 aromatic heterocycles. The van der Waals surface area contributed by atoms with Crippen molar-refractivity contribution in [3.63, 3.8) is 0 Å². The summed E-state index contributed by atoms with van der Waals surface area (Å²) in [6.45, 7) is 2.32. The van der Waals surface area contributed by atoms with Crippen LogP contribution in [0.1, 0.15) is 24.4 Å². The Balaban J connectivity index is 2.45. The molecule has 0 spiro atoms. The summed E-state index contributed by atoms with van der Waals surface area (Å²) in [7, 11) is 1.71. The highest BCUT2D eigenvalue weighted by Gasteiger charge is 2.10. The standard InChI is InChI=1S/C11H14N2O2/c1-9-5-6-10(15-9)8-13(2)11(14)4-3-7-12/h5-6H,3-4,8H2,1-2H3. The van der Waals surface area contributed by atoms with Crippen LogP contribution in [0.3, 0.4) is 0 Å². The van der Waals surface area contributed by atoms with Crippen LogP contribution in [0.15, 0.2) is 16.5 Å². The van der Waals surface area contributed by atoms with E-state index >= 15 is 0 Å². The molecule has 0 aromatic carbocycles. The van der Waals surface area contributed by atoms with Gasteiger partial charge in [0.1, 0.15) is 11.5 Å². The van der Waals surface area contributed by atoms with Gasteiger partial charge in [-0.1, -0.05) is 0 Å². The Labute approximate surface area is 89.1 Å². The molecule has 0 saturated heterocycles. The zero-order valence-electron chi connectivity index (χ0n) is 8.99. The van der Waals surface area contributed by atoms with Crippen molar-refractivity contribution in [3.8, 4) is 6.07 Å². The normalized spacial score (nSPS) is 9.67. The largest absolute Gasteiger partial charge is 0.464 e. The summed E-state index contributed by atoms with van der Waals surface area (Å²) in [6, 6.07) is 5.67. The van der Waals surface area contributed by atoms with E-state index in [4.69, 9.17) is 9.68 Å². The van der Waals surface area contributed by atoms with Crippen molar-refractivity contribution in [2.24, 2.45) is 0 Å². The molecule has 0 radical (unpaired) electrons. The summed E-state index contributed by atoms with van der Waals surface area (Å²) in [5, 5.41) is 8.35. The number of aryl methyl sites for hydroxylation is 1. The molecule has 0 bridgehead atoms. The Bertz CT molecular complexity index is 376. The zero-order chi connectivity index (χ0) is 11.3. The molecule has 0 fully saturated rings. The fourth-order valence-corrected chi connectivity index (χ4v) is 1.25. The lowest BCUT2D eigenvalue weighted by Gasteiger charge is -2.14. The third kappa shape index (κ3) is 3.47. The molecule has 0 unspecified atom stereocenters. The van der Waals surface area contributed by atoms with Crippen molar-refractivity contribution in [3.05, 3.63) is 23.7 Å². The molecular weight excluding hydrogens is 192 g/mol. The number of nitrogens with zero attached hydrogens (tertiary/aromatic N) is 2. The van der Waals surface area contributed by atoms with E-state index in [1.807, 2.05) is 25.1 Å². The molecular formula is C11H14N2O2. The van der Waals surface area contributed by atoms with Gasteiger partial charge in [0.2, 0.25) is 5.91 Å². The summed E-state index contributed by atoms with van der Waals surface area (Å²) in [4.78, 5) is 13.0. The van der Waals surface area contributed by atoms with E-state index in [1.54, 1.807) is 11.9 Å². The van der Waals surface area contributed by atoms with Crippen LogP contribution in [0.2, 0.25) is 0 Å². The molecule has 4 nitrogen and oxygen atoms in total. The first-order valence-electron chi connectivity index (χ1n) is 4.79. The van der Waals surface area contributed by atoms with Crippen molar-refractivity contribution in [2.45, 2.75) is 26.3 Å². The minimum Gasteiger partial charge on any atom is -0.464 e. The van der Waals surface area contributed by atoms with Crippen molar-refractivity contribution in [1.29, 1.82) is 5.26 Å². The van der Waals surface area contributed by atoms with Gasteiger partial charge in [0.15, 0.2) is 0 Å². The van der Waals surface area contributed by atoms with E-state index < -0.39 is 0 Å². The molecule has 0 saturated carbocycles. The first-order valence-corrected chi connectivity index (χ1v) is 4.79. The number of carbonyl (C=O) groups excluding carboxylic acids is 1. The second-order valence-electron chi connectivity index (χ2n) is 3.42. The van der Waals surface area contributed by atoms with Crippen molar-refractivity contribution >= 4 is 5.91 Å². The Morgan fingerprint density at radius 1 is 1.60 bits per heavy atom. The highest BCUT2D eigenvalue weighted by Crippen LogP contribution is 2.09. The monoisotopic (exact) mass is 206 g/mol. The minimum absolute atomic E-state index is 0.0365. The number of rotatable bonds is 4. The molecule has 0 aliphatic carbocycles. The van der Waals surface area contributed by atoms with Crippen LogP contribution < -0.4 is 0 Å². The Morgan fingerprint density at radius 2 is 2.33 bits per heavy atom. The first kappa shape index (κ1) is 11.3. The summed E-state index contributed by atoms with van der Waals surface area (Å²) >= 11 is 0. The van der Waals surface area contributed by atoms with Crippen LogP contribution in [0, 0.1) is 18.3 Å². The van der Waals surface area contributed by atoms with Crippen LogP contribution in [-0.2, 0) is 11.3 Å². The molecule has 1 aromatic rings. The lowest BCUT2D eigenvalue weighted by Crippen LogP contribution is -2.25. The number of carbonyl (C=O) groups is 1. The van der Waals surface area contributed by atoms with Crippen molar-refractivity contribution in [1.82, 2.24) is 4.90 Å². The van der Waals surface area contributed by atoms with Gasteiger partial charge in [0.05, 0.1) is 12.6 Å². The van der Waals surface area contributed by atoms with Gasteiger partial charge in [-0.3, -0.25) is 4.79 Å². The molecule has 0 aliphatic rings. The van der Waals surface area contributed by atoms with E-state index in [9.17, 15) is 4.79 Å². The van der Waals surface area contributed by atoms with Gasteiger partial charge in [-0.15, -0.1) is 0 Å². The summed E-state index contributed by atoms with van der Waals surface area (Å²) in [6.07, 6.45) is 0.535. The fourth-order valence-electron chi connectivity index (χ4n) is 1.25. The molecule has 0 atom stereocenters. The maximum Gasteiger partial charge on any atom is 0.223 e. The molecule has 4 heteroatoms. The average molecular weight is 206 g/mol. The van der Waals surface area contributed by atoms with E-state index in [0.29, 0.717) is 6.54 Å². The second-order valence-corrected chi connectivity index (χ2v) is 3.42. The topological polar surface area (TPSA) is 57.2 Å². The predicted octanol–water partition coefficient (Wildman–Crippen LogP) is 1.85. The quantitative estimate of drug-likeness (QED) is 0.755.